The van der Waals surface area contributed by atoms with Crippen LogP contribution in [-0.2, 0) is 29.0 Å². The molecule has 0 bridgehead atoms. The molecule has 0 spiro atoms. The second-order valence-electron chi connectivity index (χ2n) is 7.07. The van der Waals surface area contributed by atoms with Crippen LogP contribution in [0.25, 0.3) is 0 Å². The summed E-state index contributed by atoms with van der Waals surface area (Å²) in [6, 6.07) is 10.2. The number of aryl methyl sites for hydroxylation is 1. The number of fused-ring (bicyclic) bond motifs is 1. The molecule has 2 atom stereocenters. The van der Waals surface area contributed by atoms with E-state index in [1.54, 1.807) is 0 Å². The Morgan fingerprint density at radius 1 is 1.28 bits per heavy atom. The first-order chi connectivity index (χ1) is 12.3. The van der Waals surface area contributed by atoms with Crippen LogP contribution in [-0.4, -0.2) is 39.6 Å². The molecule has 2 aliphatic heterocycles. The number of aromatic nitrogens is 2. The van der Waals surface area contributed by atoms with Crippen LogP contribution in [0.4, 0.5) is 0 Å². The van der Waals surface area contributed by atoms with Gasteiger partial charge in [-0.1, -0.05) is 30.3 Å². The molecular weight excluding hydrogens is 314 g/mol. The average molecular weight is 339 g/mol. The van der Waals surface area contributed by atoms with Gasteiger partial charge in [0.05, 0.1) is 6.10 Å². The van der Waals surface area contributed by atoms with Gasteiger partial charge in [0.25, 0.3) is 0 Å². The zero-order valence-corrected chi connectivity index (χ0v) is 14.5. The highest BCUT2D eigenvalue weighted by atomic mass is 16.5. The number of nitrogens with zero attached hydrogens (tertiary/aromatic N) is 3. The van der Waals surface area contributed by atoms with Crippen molar-refractivity contribution in [1.29, 1.82) is 0 Å². The predicted octanol–water partition coefficient (Wildman–Crippen LogP) is 2.65. The molecule has 1 aromatic heterocycles. The Bertz CT molecular complexity index is 707. The fraction of sp³-hybridized carbons (Fsp3) is 0.500. The lowest BCUT2D eigenvalue weighted by molar-refractivity contribution is -0.138. The molecule has 5 heteroatoms. The van der Waals surface area contributed by atoms with Crippen LogP contribution >= 0.6 is 0 Å². The minimum atomic E-state index is 0.0278. The van der Waals surface area contributed by atoms with Crippen LogP contribution in [0.15, 0.2) is 42.7 Å². The van der Waals surface area contributed by atoms with Crippen molar-refractivity contribution in [3.63, 3.8) is 0 Å². The van der Waals surface area contributed by atoms with Crippen LogP contribution in [0.2, 0.25) is 0 Å². The van der Waals surface area contributed by atoms with E-state index in [9.17, 15) is 4.79 Å². The molecule has 0 unspecified atom stereocenters. The summed E-state index contributed by atoms with van der Waals surface area (Å²) in [7, 11) is 0. The van der Waals surface area contributed by atoms with Gasteiger partial charge in [0.2, 0.25) is 5.91 Å². The SMILES string of the molecule is O=C([C@@H]1CCn2ccnc2C1)N(Cc1ccccc1)C[C@@H]1CCCO1. The molecular formula is C20H25N3O2. The van der Waals surface area contributed by atoms with Crippen LogP contribution in [0, 0.1) is 5.92 Å². The molecule has 1 aromatic carbocycles. The minimum absolute atomic E-state index is 0.0278. The largest absolute Gasteiger partial charge is 0.376 e. The summed E-state index contributed by atoms with van der Waals surface area (Å²) >= 11 is 0. The van der Waals surface area contributed by atoms with Gasteiger partial charge in [-0.2, -0.15) is 0 Å². The van der Waals surface area contributed by atoms with Crippen molar-refractivity contribution in [3.05, 3.63) is 54.1 Å². The first-order valence-corrected chi connectivity index (χ1v) is 9.24. The summed E-state index contributed by atoms with van der Waals surface area (Å²) in [6.07, 6.45) is 7.78. The number of ether oxygens (including phenoxy) is 1. The van der Waals surface area contributed by atoms with E-state index in [-0.39, 0.29) is 17.9 Å². The van der Waals surface area contributed by atoms with Crippen molar-refractivity contribution in [1.82, 2.24) is 14.5 Å². The summed E-state index contributed by atoms with van der Waals surface area (Å²) in [5.41, 5.74) is 1.17. The number of carbonyl (C=O) groups excluding carboxylic acids is 1. The highest BCUT2D eigenvalue weighted by molar-refractivity contribution is 5.79. The molecule has 1 fully saturated rings. The molecule has 2 aromatic rings. The maximum Gasteiger partial charge on any atom is 0.226 e. The normalized spacial score (nSPS) is 22.6. The first kappa shape index (κ1) is 16.3. The molecule has 4 rings (SSSR count). The molecule has 25 heavy (non-hydrogen) atoms. The van der Waals surface area contributed by atoms with Gasteiger partial charge in [-0.05, 0) is 24.8 Å². The average Bonchev–Trinajstić information content (AvgIpc) is 3.32. The van der Waals surface area contributed by atoms with E-state index in [1.165, 1.54) is 5.56 Å². The Morgan fingerprint density at radius 3 is 2.96 bits per heavy atom. The summed E-state index contributed by atoms with van der Waals surface area (Å²) < 4.78 is 7.95. The van der Waals surface area contributed by atoms with Crippen LogP contribution < -0.4 is 0 Å². The van der Waals surface area contributed by atoms with Gasteiger partial charge in [0, 0.05) is 51.0 Å². The Balaban J connectivity index is 1.49. The summed E-state index contributed by atoms with van der Waals surface area (Å²) in [6.45, 7) is 3.05. The molecule has 0 aliphatic carbocycles. The Morgan fingerprint density at radius 2 is 2.16 bits per heavy atom. The van der Waals surface area contributed by atoms with Crippen molar-refractivity contribution >= 4 is 5.91 Å². The van der Waals surface area contributed by atoms with Crippen molar-refractivity contribution in [3.8, 4) is 0 Å². The van der Waals surface area contributed by atoms with E-state index in [0.29, 0.717) is 13.1 Å². The summed E-state index contributed by atoms with van der Waals surface area (Å²) in [5, 5.41) is 0. The van der Waals surface area contributed by atoms with E-state index >= 15 is 0 Å². The van der Waals surface area contributed by atoms with Gasteiger partial charge in [-0.3, -0.25) is 4.79 Å². The highest BCUT2D eigenvalue weighted by Gasteiger charge is 2.31. The molecule has 2 aliphatic rings. The van der Waals surface area contributed by atoms with E-state index in [0.717, 1.165) is 44.7 Å². The van der Waals surface area contributed by atoms with Crippen LogP contribution in [0.5, 0.6) is 0 Å². The molecule has 1 amide bonds. The molecule has 0 radical (unpaired) electrons. The predicted molar refractivity (Wildman–Crippen MR) is 94.9 cm³/mol. The third-order valence-corrected chi connectivity index (χ3v) is 5.27. The lowest BCUT2D eigenvalue weighted by atomic mass is 9.95. The van der Waals surface area contributed by atoms with E-state index in [2.05, 4.69) is 21.7 Å². The van der Waals surface area contributed by atoms with Gasteiger partial charge in [-0.15, -0.1) is 0 Å². The van der Waals surface area contributed by atoms with Crippen molar-refractivity contribution in [2.75, 3.05) is 13.2 Å². The molecule has 3 heterocycles. The maximum atomic E-state index is 13.3. The van der Waals surface area contributed by atoms with Crippen LogP contribution in [0.1, 0.15) is 30.7 Å². The monoisotopic (exact) mass is 339 g/mol. The topological polar surface area (TPSA) is 47.4 Å². The third kappa shape index (κ3) is 3.76. The molecule has 1 saturated heterocycles. The van der Waals surface area contributed by atoms with Crippen molar-refractivity contribution in [2.24, 2.45) is 5.92 Å². The molecule has 5 nitrogen and oxygen atoms in total. The molecule has 132 valence electrons. The van der Waals surface area contributed by atoms with E-state index in [4.69, 9.17) is 4.74 Å². The Labute approximate surface area is 148 Å². The Hall–Kier alpha value is -2.14. The van der Waals surface area contributed by atoms with Gasteiger partial charge < -0.3 is 14.2 Å². The second-order valence-corrected chi connectivity index (χ2v) is 7.07. The number of imidazole rings is 1. The summed E-state index contributed by atoms with van der Waals surface area (Å²) in [5.74, 6) is 1.30. The standard InChI is InChI=1S/C20H25N3O2/c24-20(17-8-10-22-11-9-21-19(22)13-17)23(15-18-7-4-12-25-18)14-16-5-2-1-3-6-16/h1-3,5-6,9,11,17-18H,4,7-8,10,12-15H2/t17-,18+/m1/s1. The number of carbonyl (C=O) groups is 1. The fourth-order valence-electron chi connectivity index (χ4n) is 3.89. The van der Waals surface area contributed by atoms with Gasteiger partial charge in [-0.25, -0.2) is 4.98 Å². The van der Waals surface area contributed by atoms with Gasteiger partial charge in [0.1, 0.15) is 5.82 Å². The molecule has 0 N–H and O–H groups in total. The fourth-order valence-corrected chi connectivity index (χ4v) is 3.89. The zero-order chi connectivity index (χ0) is 17.1. The second kappa shape index (κ2) is 7.40. The quantitative estimate of drug-likeness (QED) is 0.841. The number of benzene rings is 1. The van der Waals surface area contributed by atoms with Crippen molar-refractivity contribution < 1.29 is 9.53 Å². The van der Waals surface area contributed by atoms with E-state index in [1.807, 2.05) is 35.5 Å². The first-order valence-electron chi connectivity index (χ1n) is 9.24. The number of hydrogen-bond donors (Lipinski definition) is 0. The molecule has 0 saturated carbocycles. The van der Waals surface area contributed by atoms with Gasteiger partial charge in [0.15, 0.2) is 0 Å². The number of amides is 1. The minimum Gasteiger partial charge on any atom is -0.376 e. The summed E-state index contributed by atoms with van der Waals surface area (Å²) in [4.78, 5) is 19.7. The smallest absolute Gasteiger partial charge is 0.226 e. The van der Waals surface area contributed by atoms with Gasteiger partial charge >= 0.3 is 0 Å². The maximum absolute atomic E-state index is 13.3. The number of rotatable bonds is 5. The number of hydrogen-bond acceptors (Lipinski definition) is 3. The highest BCUT2D eigenvalue weighted by Crippen LogP contribution is 2.23. The van der Waals surface area contributed by atoms with E-state index < -0.39 is 0 Å². The van der Waals surface area contributed by atoms with Crippen molar-refractivity contribution in [2.45, 2.75) is 44.9 Å². The Kier molecular flexibility index (Phi) is 4.83. The van der Waals surface area contributed by atoms with Crippen LogP contribution in [0.3, 0.4) is 0 Å². The third-order valence-electron chi connectivity index (χ3n) is 5.27. The zero-order valence-electron chi connectivity index (χ0n) is 14.5. The lowest BCUT2D eigenvalue weighted by Crippen LogP contribution is -2.42. The lowest BCUT2D eigenvalue weighted by Gasteiger charge is -2.31.